The van der Waals surface area contributed by atoms with E-state index in [2.05, 4.69) is 23.8 Å². The molecule has 2 aromatic heterocycles. The van der Waals surface area contributed by atoms with Gasteiger partial charge in [-0.05, 0) is 74.6 Å². The van der Waals surface area contributed by atoms with Gasteiger partial charge in [0.25, 0.3) is 10.0 Å². The van der Waals surface area contributed by atoms with Gasteiger partial charge in [-0.15, -0.1) is 0 Å². The highest BCUT2D eigenvalue weighted by Gasteiger charge is 2.29. The highest BCUT2D eigenvalue weighted by atomic mass is 32.2. The summed E-state index contributed by atoms with van der Waals surface area (Å²) in [7, 11) is -4.04. The number of nitrogens with zero attached hydrogens (tertiary/aromatic N) is 4. The number of pyridine rings is 2. The zero-order valence-electron chi connectivity index (χ0n) is 23.5. The molecule has 0 saturated carbocycles. The van der Waals surface area contributed by atoms with Gasteiger partial charge in [-0.25, -0.2) is 23.2 Å². The van der Waals surface area contributed by atoms with Gasteiger partial charge in [-0.2, -0.15) is 4.31 Å². The topological polar surface area (TPSA) is 130 Å². The number of benzene rings is 1. The SMILES string of the molecule is CCc1ccc(CN(Cc2cccc(N(CC(=O)O)C(=O)OC(C)(C)C)n2)S(=O)(=O)c2ccccn2)cc1CC. The average molecular weight is 569 g/mol. The number of carboxylic acid groups (broad SMARTS) is 1. The molecule has 0 spiro atoms. The maximum absolute atomic E-state index is 13.7. The Morgan fingerprint density at radius 3 is 2.27 bits per heavy atom. The van der Waals surface area contributed by atoms with Gasteiger partial charge >= 0.3 is 12.1 Å². The molecule has 1 N–H and O–H groups in total. The molecule has 1 aromatic carbocycles. The maximum atomic E-state index is 13.7. The summed E-state index contributed by atoms with van der Waals surface area (Å²) < 4.78 is 34.1. The number of aryl methyl sites for hydroxylation is 2. The number of hydrogen-bond acceptors (Lipinski definition) is 7. The molecule has 0 unspecified atom stereocenters. The predicted octanol–water partition coefficient (Wildman–Crippen LogP) is 4.82. The minimum absolute atomic E-state index is 0.0323. The van der Waals surface area contributed by atoms with Crippen molar-refractivity contribution in [3.05, 3.63) is 83.2 Å². The smallest absolute Gasteiger partial charge is 0.416 e. The highest BCUT2D eigenvalue weighted by Crippen LogP contribution is 2.23. The first-order valence-electron chi connectivity index (χ1n) is 13.0. The van der Waals surface area contributed by atoms with Crippen LogP contribution in [-0.4, -0.2) is 52.0 Å². The minimum Gasteiger partial charge on any atom is -0.480 e. The number of aliphatic carboxylic acids is 1. The molecule has 0 aliphatic heterocycles. The first-order valence-corrected chi connectivity index (χ1v) is 14.5. The molecule has 0 bridgehead atoms. The number of carbonyl (C=O) groups excluding carboxylic acids is 1. The standard InChI is InChI=1S/C29H36N4O6S/c1-6-22-15-14-21(17-23(22)7-2)18-32(40(37,38)26-13-8-9-16-30-26)19-24-11-10-12-25(31-24)33(20-27(34)35)28(36)39-29(3,4)5/h8-17H,6-7,18-20H2,1-5H3,(H,34,35). The van der Waals surface area contributed by atoms with E-state index in [4.69, 9.17) is 4.74 Å². The van der Waals surface area contributed by atoms with Gasteiger partial charge < -0.3 is 9.84 Å². The quantitative estimate of drug-likeness (QED) is 0.349. The number of rotatable bonds is 11. The zero-order chi connectivity index (χ0) is 29.5. The van der Waals surface area contributed by atoms with Crippen molar-refractivity contribution in [2.24, 2.45) is 0 Å². The van der Waals surface area contributed by atoms with E-state index in [0.29, 0.717) is 5.69 Å². The summed E-state index contributed by atoms with van der Waals surface area (Å²) in [5, 5.41) is 9.31. The summed E-state index contributed by atoms with van der Waals surface area (Å²) in [6, 6.07) is 15.3. The Hall–Kier alpha value is -3.83. The van der Waals surface area contributed by atoms with Crippen molar-refractivity contribution in [2.45, 2.75) is 71.2 Å². The van der Waals surface area contributed by atoms with Crippen molar-refractivity contribution in [3.63, 3.8) is 0 Å². The molecule has 10 nitrogen and oxygen atoms in total. The molecule has 3 rings (SSSR count). The van der Waals surface area contributed by atoms with Crippen LogP contribution in [0.5, 0.6) is 0 Å². The third-order valence-electron chi connectivity index (χ3n) is 5.95. The zero-order valence-corrected chi connectivity index (χ0v) is 24.3. The summed E-state index contributed by atoms with van der Waals surface area (Å²) in [5.41, 5.74) is 2.63. The van der Waals surface area contributed by atoms with Gasteiger partial charge in [0, 0.05) is 12.7 Å². The second-order valence-electron chi connectivity index (χ2n) is 10.2. The monoisotopic (exact) mass is 568 g/mol. The lowest BCUT2D eigenvalue weighted by Gasteiger charge is -2.26. The number of hydrogen-bond donors (Lipinski definition) is 1. The number of carbonyl (C=O) groups is 2. The van der Waals surface area contributed by atoms with Gasteiger partial charge in [0.05, 0.1) is 12.2 Å². The van der Waals surface area contributed by atoms with Crippen LogP contribution in [0.25, 0.3) is 0 Å². The lowest BCUT2D eigenvalue weighted by Crippen LogP contribution is -2.40. The molecular weight excluding hydrogens is 532 g/mol. The van der Waals surface area contributed by atoms with Crippen LogP contribution < -0.4 is 4.90 Å². The largest absolute Gasteiger partial charge is 0.480 e. The summed E-state index contributed by atoms with van der Waals surface area (Å²) in [6.45, 7) is 8.40. The van der Waals surface area contributed by atoms with E-state index in [1.54, 1.807) is 45.0 Å². The van der Waals surface area contributed by atoms with Crippen molar-refractivity contribution in [1.29, 1.82) is 0 Å². The van der Waals surface area contributed by atoms with E-state index in [-0.39, 0.29) is 23.9 Å². The van der Waals surface area contributed by atoms with E-state index in [9.17, 15) is 23.1 Å². The van der Waals surface area contributed by atoms with E-state index in [1.807, 2.05) is 18.2 Å². The van der Waals surface area contributed by atoms with Gasteiger partial charge in [0.2, 0.25) is 0 Å². The molecule has 11 heteroatoms. The van der Waals surface area contributed by atoms with Gasteiger partial charge in [-0.3, -0.25) is 9.69 Å². The second-order valence-corrected chi connectivity index (χ2v) is 12.1. The lowest BCUT2D eigenvalue weighted by molar-refractivity contribution is -0.135. The van der Waals surface area contributed by atoms with Crippen molar-refractivity contribution in [1.82, 2.24) is 14.3 Å². The van der Waals surface area contributed by atoms with Crippen LogP contribution in [0.3, 0.4) is 0 Å². The molecule has 2 heterocycles. The molecule has 0 aliphatic carbocycles. The van der Waals surface area contributed by atoms with Crippen molar-refractivity contribution < 1.29 is 27.9 Å². The van der Waals surface area contributed by atoms with E-state index >= 15 is 0 Å². The molecule has 40 heavy (non-hydrogen) atoms. The number of amides is 1. The van der Waals surface area contributed by atoms with E-state index in [0.717, 1.165) is 28.9 Å². The summed E-state index contributed by atoms with van der Waals surface area (Å²) in [6.07, 6.45) is 2.23. The molecule has 3 aromatic rings. The van der Waals surface area contributed by atoms with E-state index in [1.165, 1.54) is 28.2 Å². The van der Waals surface area contributed by atoms with Gasteiger partial charge in [0.1, 0.15) is 18.0 Å². The molecule has 1 amide bonds. The van der Waals surface area contributed by atoms with Crippen LogP contribution in [0.1, 0.15) is 57.0 Å². The first-order chi connectivity index (χ1) is 18.8. The third-order valence-corrected chi connectivity index (χ3v) is 7.66. The Bertz CT molecular complexity index is 1440. The average Bonchev–Trinajstić information content (AvgIpc) is 2.90. The Labute approximate surface area is 235 Å². The maximum Gasteiger partial charge on any atom is 0.416 e. The van der Waals surface area contributed by atoms with Crippen LogP contribution in [0.15, 0.2) is 65.8 Å². The normalized spacial score (nSPS) is 11.8. The highest BCUT2D eigenvalue weighted by molar-refractivity contribution is 7.89. The van der Waals surface area contributed by atoms with Crippen molar-refractivity contribution in [3.8, 4) is 0 Å². The number of aromatic nitrogens is 2. The Morgan fingerprint density at radius 1 is 0.950 bits per heavy atom. The van der Waals surface area contributed by atoms with Gasteiger partial charge in [0.15, 0.2) is 5.03 Å². The number of carboxylic acids is 1. The van der Waals surface area contributed by atoms with Crippen LogP contribution in [0, 0.1) is 0 Å². The van der Waals surface area contributed by atoms with Crippen LogP contribution in [0.2, 0.25) is 0 Å². The van der Waals surface area contributed by atoms with Crippen molar-refractivity contribution >= 4 is 27.9 Å². The minimum atomic E-state index is -4.04. The first kappa shape index (κ1) is 30.7. The lowest BCUT2D eigenvalue weighted by atomic mass is 10.00. The molecule has 0 fully saturated rings. The predicted molar refractivity (Wildman–Crippen MR) is 151 cm³/mol. The molecule has 0 radical (unpaired) electrons. The number of ether oxygens (including phenoxy) is 1. The molecule has 0 atom stereocenters. The summed E-state index contributed by atoms with van der Waals surface area (Å²) >= 11 is 0. The van der Waals surface area contributed by atoms with Crippen molar-refractivity contribution in [2.75, 3.05) is 11.4 Å². The molecule has 0 aliphatic rings. The number of sulfonamides is 1. The third kappa shape index (κ3) is 8.09. The fraction of sp³-hybridized carbons (Fsp3) is 0.379. The molecule has 0 saturated heterocycles. The summed E-state index contributed by atoms with van der Waals surface area (Å²) in [4.78, 5) is 33.8. The molecule has 214 valence electrons. The van der Waals surface area contributed by atoms with Crippen LogP contribution in [-0.2, 0) is 45.5 Å². The van der Waals surface area contributed by atoms with Gasteiger partial charge in [-0.1, -0.05) is 44.2 Å². The number of anilines is 1. The fourth-order valence-electron chi connectivity index (χ4n) is 4.09. The second kappa shape index (κ2) is 13.0. The van der Waals surface area contributed by atoms with Crippen LogP contribution >= 0.6 is 0 Å². The Kier molecular flexibility index (Phi) is 9.99. The summed E-state index contributed by atoms with van der Waals surface area (Å²) in [5.74, 6) is -1.22. The molecular formula is C29H36N4O6S. The van der Waals surface area contributed by atoms with Crippen LogP contribution in [0.4, 0.5) is 10.6 Å². The van der Waals surface area contributed by atoms with E-state index < -0.39 is 34.2 Å². The Morgan fingerprint density at radius 2 is 1.68 bits per heavy atom. The fourth-order valence-corrected chi connectivity index (χ4v) is 5.42. The Balaban J connectivity index is 2.01.